The molecule has 0 bridgehead atoms. The molecule has 1 aromatic heterocycles. The van der Waals surface area contributed by atoms with Crippen LogP contribution in [0.25, 0.3) is 5.69 Å². The highest BCUT2D eigenvalue weighted by Crippen LogP contribution is 2.26. The summed E-state index contributed by atoms with van der Waals surface area (Å²) in [6, 6.07) is 6.31. The van der Waals surface area contributed by atoms with E-state index < -0.39 is 18.0 Å². The largest absolute Gasteiger partial charge is 0.466 e. The lowest BCUT2D eigenvalue weighted by Crippen LogP contribution is -2.33. The minimum atomic E-state index is -0.584. The van der Waals surface area contributed by atoms with Crippen molar-refractivity contribution >= 4 is 23.7 Å². The van der Waals surface area contributed by atoms with E-state index in [4.69, 9.17) is 9.47 Å². The van der Waals surface area contributed by atoms with E-state index in [1.807, 2.05) is 6.07 Å². The van der Waals surface area contributed by atoms with Crippen molar-refractivity contribution in [2.45, 2.75) is 32.8 Å². The SMILES string of the molecule is CCOC(=O)CCc1ccn(-c2ccc(N3C[C@H](CNC(C)=O)OC3=O)cc2F)c1. The van der Waals surface area contributed by atoms with Crippen molar-refractivity contribution < 1.29 is 28.2 Å². The number of rotatable bonds is 8. The molecule has 1 N–H and O–H groups in total. The van der Waals surface area contributed by atoms with Gasteiger partial charge in [-0.2, -0.15) is 0 Å². The van der Waals surface area contributed by atoms with E-state index in [0.717, 1.165) is 5.56 Å². The zero-order valence-corrected chi connectivity index (χ0v) is 16.9. The van der Waals surface area contributed by atoms with E-state index in [2.05, 4.69) is 5.32 Å². The van der Waals surface area contributed by atoms with Crippen LogP contribution in [-0.2, 0) is 25.5 Å². The van der Waals surface area contributed by atoms with Crippen LogP contribution in [0, 0.1) is 5.82 Å². The number of nitrogens with one attached hydrogen (secondary N) is 1. The fourth-order valence-electron chi connectivity index (χ4n) is 3.19. The maximum Gasteiger partial charge on any atom is 0.414 e. The number of hydrogen-bond donors (Lipinski definition) is 1. The Bertz CT molecular complexity index is 942. The monoisotopic (exact) mass is 417 g/mol. The van der Waals surface area contributed by atoms with E-state index in [1.54, 1.807) is 36.0 Å². The van der Waals surface area contributed by atoms with Crippen molar-refractivity contribution in [2.75, 3.05) is 24.6 Å². The molecule has 1 saturated heterocycles. The zero-order valence-electron chi connectivity index (χ0n) is 16.9. The predicted octanol–water partition coefficient (Wildman–Crippen LogP) is 2.57. The van der Waals surface area contributed by atoms with Gasteiger partial charge in [-0.3, -0.25) is 14.5 Å². The summed E-state index contributed by atoms with van der Waals surface area (Å²) in [6.07, 6.45) is 3.16. The van der Waals surface area contributed by atoms with Gasteiger partial charge in [0.1, 0.15) is 11.9 Å². The molecule has 0 aliphatic carbocycles. The number of carbonyl (C=O) groups is 3. The Labute approximate surface area is 173 Å². The summed E-state index contributed by atoms with van der Waals surface area (Å²) < 4.78 is 26.5. The van der Waals surface area contributed by atoms with Crippen molar-refractivity contribution in [3.63, 3.8) is 0 Å². The Morgan fingerprint density at radius 1 is 1.33 bits per heavy atom. The maximum absolute atomic E-state index is 14.8. The molecule has 1 aromatic carbocycles. The molecule has 30 heavy (non-hydrogen) atoms. The number of cyclic esters (lactones) is 1. The molecule has 1 aliphatic heterocycles. The molecule has 0 spiro atoms. The summed E-state index contributed by atoms with van der Waals surface area (Å²) >= 11 is 0. The van der Waals surface area contributed by atoms with E-state index >= 15 is 0 Å². The third-order valence-electron chi connectivity index (χ3n) is 4.65. The Hall–Kier alpha value is -3.36. The third-order valence-corrected chi connectivity index (χ3v) is 4.65. The van der Waals surface area contributed by atoms with Crippen molar-refractivity contribution in [3.05, 3.63) is 48.0 Å². The van der Waals surface area contributed by atoms with Gasteiger partial charge < -0.3 is 19.4 Å². The molecule has 0 saturated carbocycles. The smallest absolute Gasteiger partial charge is 0.414 e. The standard InChI is InChI=1S/C21H24FN3O5/c1-3-29-20(27)7-4-15-8-9-24(12-15)19-6-5-16(10-18(19)22)25-13-17(30-21(25)28)11-23-14(2)26/h5-6,8-10,12,17H,3-4,7,11,13H2,1-2H3,(H,23,26)/t17-/m0/s1. The number of aryl methyl sites for hydroxylation is 1. The summed E-state index contributed by atoms with van der Waals surface area (Å²) in [6.45, 7) is 3.91. The fourth-order valence-corrected chi connectivity index (χ4v) is 3.19. The number of ether oxygens (including phenoxy) is 2. The van der Waals surface area contributed by atoms with Gasteiger partial charge in [0, 0.05) is 25.7 Å². The molecule has 1 fully saturated rings. The Morgan fingerprint density at radius 3 is 2.83 bits per heavy atom. The molecule has 2 aromatic rings. The minimum Gasteiger partial charge on any atom is -0.466 e. The predicted molar refractivity (Wildman–Crippen MR) is 107 cm³/mol. The molecule has 1 atom stereocenters. The first kappa shape index (κ1) is 21.4. The number of nitrogens with zero attached hydrogens (tertiary/aromatic N) is 2. The number of amides is 2. The van der Waals surface area contributed by atoms with Crippen LogP contribution >= 0.6 is 0 Å². The normalized spacial score (nSPS) is 15.8. The summed E-state index contributed by atoms with van der Waals surface area (Å²) in [5.41, 5.74) is 1.58. The van der Waals surface area contributed by atoms with Crippen molar-refractivity contribution in [1.29, 1.82) is 0 Å². The molecule has 9 heteroatoms. The van der Waals surface area contributed by atoms with Gasteiger partial charge in [-0.05, 0) is 43.2 Å². The molecule has 0 radical (unpaired) electrons. The van der Waals surface area contributed by atoms with Crippen molar-refractivity contribution in [1.82, 2.24) is 9.88 Å². The number of esters is 1. The van der Waals surface area contributed by atoms with Gasteiger partial charge in [0.25, 0.3) is 0 Å². The summed E-state index contributed by atoms with van der Waals surface area (Å²) in [5, 5.41) is 2.60. The van der Waals surface area contributed by atoms with Gasteiger partial charge in [0.15, 0.2) is 0 Å². The van der Waals surface area contributed by atoms with Crippen LogP contribution in [0.2, 0.25) is 0 Å². The van der Waals surface area contributed by atoms with Gasteiger partial charge >= 0.3 is 12.1 Å². The summed E-state index contributed by atoms with van der Waals surface area (Å²) in [4.78, 5) is 35.9. The minimum absolute atomic E-state index is 0.204. The number of hydrogen-bond acceptors (Lipinski definition) is 5. The molecule has 0 unspecified atom stereocenters. The number of halogens is 1. The topological polar surface area (TPSA) is 89.9 Å². The van der Waals surface area contributed by atoms with Crippen LogP contribution in [0.1, 0.15) is 25.8 Å². The molecular weight excluding hydrogens is 393 g/mol. The van der Waals surface area contributed by atoms with E-state index in [0.29, 0.717) is 24.4 Å². The second-order valence-corrected chi connectivity index (χ2v) is 6.92. The summed E-state index contributed by atoms with van der Waals surface area (Å²) in [7, 11) is 0. The second-order valence-electron chi connectivity index (χ2n) is 6.92. The summed E-state index contributed by atoms with van der Waals surface area (Å²) in [5.74, 6) is -0.985. The average molecular weight is 417 g/mol. The van der Waals surface area contributed by atoms with Gasteiger partial charge in [0.2, 0.25) is 5.91 Å². The first-order valence-electron chi connectivity index (χ1n) is 9.72. The average Bonchev–Trinajstić information content (AvgIpc) is 3.31. The lowest BCUT2D eigenvalue weighted by atomic mass is 10.2. The highest BCUT2D eigenvalue weighted by atomic mass is 19.1. The van der Waals surface area contributed by atoms with E-state index in [9.17, 15) is 18.8 Å². The number of aromatic nitrogens is 1. The second kappa shape index (κ2) is 9.43. The highest BCUT2D eigenvalue weighted by molar-refractivity contribution is 5.90. The van der Waals surface area contributed by atoms with Crippen LogP contribution in [0.15, 0.2) is 36.7 Å². The van der Waals surface area contributed by atoms with Crippen LogP contribution in [0.4, 0.5) is 14.9 Å². The van der Waals surface area contributed by atoms with Gasteiger partial charge in [0.05, 0.1) is 31.1 Å². The number of benzene rings is 1. The zero-order chi connectivity index (χ0) is 21.7. The third kappa shape index (κ3) is 5.16. The molecule has 8 nitrogen and oxygen atoms in total. The molecule has 1 aliphatic rings. The number of anilines is 1. The molecule has 2 amide bonds. The Balaban J connectivity index is 1.66. The van der Waals surface area contributed by atoms with Crippen LogP contribution in [0.3, 0.4) is 0 Å². The fraction of sp³-hybridized carbons (Fsp3) is 0.381. The van der Waals surface area contributed by atoms with Crippen LogP contribution in [0.5, 0.6) is 0 Å². The van der Waals surface area contributed by atoms with Crippen LogP contribution < -0.4 is 10.2 Å². The van der Waals surface area contributed by atoms with E-state index in [1.165, 1.54) is 17.9 Å². The number of carbonyl (C=O) groups excluding carboxylic acids is 3. The van der Waals surface area contributed by atoms with Crippen molar-refractivity contribution in [2.24, 2.45) is 0 Å². The van der Waals surface area contributed by atoms with Gasteiger partial charge in [-0.1, -0.05) is 0 Å². The first-order valence-corrected chi connectivity index (χ1v) is 9.72. The molecule has 160 valence electrons. The molecular formula is C21H24FN3O5. The van der Waals surface area contributed by atoms with Crippen LogP contribution in [-0.4, -0.2) is 48.3 Å². The lowest BCUT2D eigenvalue weighted by molar-refractivity contribution is -0.143. The first-order chi connectivity index (χ1) is 14.4. The molecule has 2 heterocycles. The maximum atomic E-state index is 14.8. The van der Waals surface area contributed by atoms with E-state index in [-0.39, 0.29) is 31.4 Å². The Morgan fingerprint density at radius 2 is 2.13 bits per heavy atom. The quantitative estimate of drug-likeness (QED) is 0.667. The Kier molecular flexibility index (Phi) is 6.71. The van der Waals surface area contributed by atoms with Crippen molar-refractivity contribution in [3.8, 4) is 5.69 Å². The molecule has 3 rings (SSSR count). The lowest BCUT2D eigenvalue weighted by Gasteiger charge is -2.15. The van der Waals surface area contributed by atoms with Gasteiger partial charge in [-0.25, -0.2) is 9.18 Å². The highest BCUT2D eigenvalue weighted by Gasteiger charge is 2.32. The van der Waals surface area contributed by atoms with Gasteiger partial charge in [-0.15, -0.1) is 0 Å².